The van der Waals surface area contributed by atoms with Crippen LogP contribution in [0.3, 0.4) is 0 Å². The standard InChI is InChI=1S/C27H36N2O4/c1-23(2,3)24(4,30)18-14-25-9-10-27(18,32-6)22-26(25)11-12-29(15-28)19(25)13-16-7-8-17(31-5)21(33-22)20(16)26/h7-8,18-19,22,30H,9-14H2,1-6H3/t18-,19+,22+,24+,25+,26-,27+/m0/s1. The maximum absolute atomic E-state index is 12.1. The van der Waals surface area contributed by atoms with Crippen LogP contribution in [0.5, 0.6) is 11.5 Å². The number of fused-ring (bicyclic) bond motifs is 2. The fraction of sp³-hybridized carbons (Fsp3) is 0.741. The smallest absolute Gasteiger partial charge is 0.179 e. The van der Waals surface area contributed by atoms with E-state index in [1.54, 1.807) is 14.2 Å². The van der Waals surface area contributed by atoms with Gasteiger partial charge in [0, 0.05) is 42.0 Å². The third kappa shape index (κ3) is 2.10. The van der Waals surface area contributed by atoms with Crippen LogP contribution in [-0.2, 0) is 16.6 Å². The highest BCUT2D eigenvalue weighted by atomic mass is 16.6. The minimum atomic E-state index is -0.966. The van der Waals surface area contributed by atoms with Gasteiger partial charge in [0.25, 0.3) is 0 Å². The van der Waals surface area contributed by atoms with E-state index in [4.69, 9.17) is 14.2 Å². The quantitative estimate of drug-likeness (QED) is 0.704. The number of likely N-dealkylation sites (tertiary alicyclic amines) is 1. The van der Waals surface area contributed by atoms with Crippen molar-refractivity contribution in [1.82, 2.24) is 4.90 Å². The Kier molecular flexibility index (Phi) is 4.03. The predicted octanol–water partition coefficient (Wildman–Crippen LogP) is 3.79. The van der Waals surface area contributed by atoms with E-state index in [0.717, 1.165) is 50.1 Å². The number of nitrogens with zero attached hydrogens (tertiary/aromatic N) is 2. The van der Waals surface area contributed by atoms with Crippen molar-refractivity contribution in [3.05, 3.63) is 23.3 Å². The van der Waals surface area contributed by atoms with Crippen LogP contribution in [0, 0.1) is 28.2 Å². The number of hydrogen-bond donors (Lipinski definition) is 1. The molecule has 33 heavy (non-hydrogen) atoms. The van der Waals surface area contributed by atoms with Crippen LogP contribution in [-0.4, -0.2) is 54.1 Å². The first kappa shape index (κ1) is 21.6. The van der Waals surface area contributed by atoms with E-state index in [1.165, 1.54) is 11.1 Å². The van der Waals surface area contributed by atoms with Crippen LogP contribution in [0.4, 0.5) is 0 Å². The molecule has 178 valence electrons. The van der Waals surface area contributed by atoms with E-state index < -0.39 is 11.2 Å². The van der Waals surface area contributed by atoms with E-state index in [9.17, 15) is 10.4 Å². The van der Waals surface area contributed by atoms with Gasteiger partial charge < -0.3 is 24.2 Å². The number of aliphatic hydroxyl groups is 1. The van der Waals surface area contributed by atoms with Gasteiger partial charge in [-0.05, 0) is 56.1 Å². The Labute approximate surface area is 196 Å². The number of nitriles is 1. The van der Waals surface area contributed by atoms with Crippen molar-refractivity contribution in [2.45, 2.75) is 88.6 Å². The first-order chi connectivity index (χ1) is 15.5. The van der Waals surface area contributed by atoms with Crippen molar-refractivity contribution in [2.75, 3.05) is 20.8 Å². The first-order valence-electron chi connectivity index (χ1n) is 12.3. The van der Waals surface area contributed by atoms with Crippen molar-refractivity contribution >= 4 is 0 Å². The molecule has 6 heteroatoms. The third-order valence-corrected chi connectivity index (χ3v) is 10.9. The molecule has 1 aromatic carbocycles. The number of hydrogen-bond acceptors (Lipinski definition) is 6. The highest BCUT2D eigenvalue weighted by molar-refractivity contribution is 5.63. The predicted molar refractivity (Wildman–Crippen MR) is 123 cm³/mol. The molecule has 0 amide bonds. The van der Waals surface area contributed by atoms with Crippen molar-refractivity contribution in [3.8, 4) is 17.7 Å². The summed E-state index contributed by atoms with van der Waals surface area (Å²) in [6.07, 6.45) is 6.68. The van der Waals surface area contributed by atoms with Gasteiger partial charge in [-0.3, -0.25) is 0 Å². The van der Waals surface area contributed by atoms with Crippen molar-refractivity contribution in [3.63, 3.8) is 0 Å². The topological polar surface area (TPSA) is 75.0 Å². The Hall–Kier alpha value is -1.97. The minimum absolute atomic E-state index is 0.107. The fourth-order valence-corrected chi connectivity index (χ4v) is 8.91. The lowest BCUT2D eigenvalue weighted by Crippen LogP contribution is -2.83. The van der Waals surface area contributed by atoms with E-state index in [-0.39, 0.29) is 34.3 Å². The molecule has 1 N–H and O–H groups in total. The highest BCUT2D eigenvalue weighted by Gasteiger charge is 2.82. The molecule has 6 nitrogen and oxygen atoms in total. The highest BCUT2D eigenvalue weighted by Crippen LogP contribution is 2.77. The van der Waals surface area contributed by atoms with Gasteiger partial charge in [-0.15, -0.1) is 0 Å². The molecule has 1 aromatic rings. The summed E-state index contributed by atoms with van der Waals surface area (Å²) in [7, 11) is 3.50. The molecule has 1 saturated heterocycles. The number of ether oxygens (including phenoxy) is 3. The number of rotatable bonds is 3. The molecule has 2 aliphatic heterocycles. The Bertz CT molecular complexity index is 1070. The Balaban J connectivity index is 1.66. The first-order valence-corrected chi connectivity index (χ1v) is 12.3. The fourth-order valence-electron chi connectivity index (χ4n) is 8.91. The van der Waals surface area contributed by atoms with E-state index in [2.05, 4.69) is 33.0 Å². The Morgan fingerprint density at radius 1 is 1.18 bits per heavy atom. The minimum Gasteiger partial charge on any atom is -0.493 e. The summed E-state index contributed by atoms with van der Waals surface area (Å²) in [4.78, 5) is 2.03. The molecule has 4 bridgehead atoms. The number of benzene rings is 1. The molecule has 2 heterocycles. The van der Waals surface area contributed by atoms with Gasteiger partial charge in [0.1, 0.15) is 11.7 Å². The van der Waals surface area contributed by atoms with Crippen LogP contribution < -0.4 is 9.47 Å². The molecule has 2 spiro atoms. The maximum Gasteiger partial charge on any atom is 0.179 e. The van der Waals surface area contributed by atoms with Gasteiger partial charge in [0.2, 0.25) is 0 Å². The Morgan fingerprint density at radius 3 is 2.58 bits per heavy atom. The van der Waals surface area contributed by atoms with Gasteiger partial charge in [-0.1, -0.05) is 26.8 Å². The molecule has 7 rings (SSSR count). The molecule has 7 atom stereocenters. The van der Waals surface area contributed by atoms with Gasteiger partial charge >= 0.3 is 0 Å². The zero-order valence-corrected chi connectivity index (χ0v) is 20.7. The van der Waals surface area contributed by atoms with Gasteiger partial charge in [0.15, 0.2) is 17.7 Å². The van der Waals surface area contributed by atoms with Gasteiger partial charge in [0.05, 0.1) is 12.7 Å². The summed E-state index contributed by atoms with van der Waals surface area (Å²) in [5.74, 6) is 1.54. The van der Waals surface area contributed by atoms with Crippen molar-refractivity contribution in [2.24, 2.45) is 16.7 Å². The lowest BCUT2D eigenvalue weighted by Gasteiger charge is -2.75. The van der Waals surface area contributed by atoms with Crippen molar-refractivity contribution in [1.29, 1.82) is 5.26 Å². The summed E-state index contributed by atoms with van der Waals surface area (Å²) >= 11 is 0. The lowest BCUT2D eigenvalue weighted by atomic mass is 9.33. The molecule has 4 fully saturated rings. The van der Waals surface area contributed by atoms with Crippen LogP contribution >= 0.6 is 0 Å². The average molecular weight is 453 g/mol. The molecule has 0 unspecified atom stereocenters. The molecule has 6 aliphatic rings. The zero-order valence-electron chi connectivity index (χ0n) is 20.7. The SMILES string of the molecule is COc1ccc2c3c1O[C@H]1[C@@]4(OC)CC[C@@]5(C[C@H]4[C@@](C)(O)C(C)(C)C)[C@@H](C2)N(C#N)CC[C@]315. The number of piperidine rings is 1. The molecule has 0 aromatic heterocycles. The second-order valence-corrected chi connectivity index (χ2v) is 12.3. The monoisotopic (exact) mass is 452 g/mol. The second kappa shape index (κ2) is 6.17. The lowest BCUT2D eigenvalue weighted by molar-refractivity contribution is -0.309. The Morgan fingerprint density at radius 2 is 1.94 bits per heavy atom. The van der Waals surface area contributed by atoms with Crippen molar-refractivity contribution < 1.29 is 19.3 Å². The van der Waals surface area contributed by atoms with E-state index >= 15 is 0 Å². The zero-order chi connectivity index (χ0) is 23.6. The average Bonchev–Trinajstić information content (AvgIpc) is 3.15. The summed E-state index contributed by atoms with van der Waals surface area (Å²) in [5.41, 5.74) is 0.315. The third-order valence-electron chi connectivity index (χ3n) is 10.9. The summed E-state index contributed by atoms with van der Waals surface area (Å²) in [6, 6.07) is 4.30. The molecular formula is C27H36N2O4. The molecule has 4 aliphatic carbocycles. The maximum atomic E-state index is 12.1. The molecule has 3 saturated carbocycles. The largest absolute Gasteiger partial charge is 0.493 e. The molecular weight excluding hydrogens is 416 g/mol. The summed E-state index contributed by atoms with van der Waals surface area (Å²) < 4.78 is 19.3. The van der Waals surface area contributed by atoms with Crippen LogP contribution in [0.25, 0.3) is 0 Å². The normalized spacial score (nSPS) is 41.6. The van der Waals surface area contributed by atoms with Crippen LogP contribution in [0.2, 0.25) is 0 Å². The van der Waals surface area contributed by atoms with E-state index in [0.29, 0.717) is 0 Å². The molecule has 0 radical (unpaired) electrons. The van der Waals surface area contributed by atoms with E-state index in [1.807, 2.05) is 17.9 Å². The van der Waals surface area contributed by atoms with Gasteiger partial charge in [-0.2, -0.15) is 5.26 Å². The second-order valence-electron chi connectivity index (χ2n) is 12.3. The van der Waals surface area contributed by atoms with Crippen LogP contribution in [0.15, 0.2) is 12.1 Å². The van der Waals surface area contributed by atoms with Gasteiger partial charge in [-0.25, -0.2) is 0 Å². The summed E-state index contributed by atoms with van der Waals surface area (Å²) in [6.45, 7) is 9.05. The summed E-state index contributed by atoms with van der Waals surface area (Å²) in [5, 5.41) is 22.2. The van der Waals surface area contributed by atoms with Crippen LogP contribution in [0.1, 0.15) is 64.5 Å². The number of methoxy groups -OCH3 is 2.